The number of halogens is 3. The largest absolute Gasteiger partial charge is 0.494 e. The molecule has 45 heavy (non-hydrogen) atoms. The van der Waals surface area contributed by atoms with Gasteiger partial charge in [-0.3, -0.25) is 10.2 Å². The first-order valence-electron chi connectivity index (χ1n) is 14.4. The van der Waals surface area contributed by atoms with Gasteiger partial charge in [-0.25, -0.2) is 19.2 Å². The highest BCUT2D eigenvalue weighted by Crippen LogP contribution is 2.43. The van der Waals surface area contributed by atoms with E-state index in [0.717, 1.165) is 33.8 Å². The Bertz CT molecular complexity index is 1650. The van der Waals surface area contributed by atoms with Gasteiger partial charge >= 0.3 is 0 Å². The summed E-state index contributed by atoms with van der Waals surface area (Å²) in [6.45, 7) is 0.265. The molecule has 4 aromatic rings. The van der Waals surface area contributed by atoms with Crippen molar-refractivity contribution in [3.05, 3.63) is 141 Å². The first-order chi connectivity index (χ1) is 21.9. The van der Waals surface area contributed by atoms with E-state index >= 15 is 0 Å². The third-order valence-corrected chi connectivity index (χ3v) is 7.76. The zero-order valence-corrected chi connectivity index (χ0v) is 25.8. The topological polar surface area (TPSA) is 92.2 Å². The fourth-order valence-electron chi connectivity index (χ4n) is 4.90. The summed E-state index contributed by atoms with van der Waals surface area (Å²) in [6.07, 6.45) is 3.64. The minimum absolute atomic E-state index is 0.0368. The maximum Gasteiger partial charge on any atom is 0.266 e. The Morgan fingerprint density at radius 2 is 1.78 bits per heavy atom. The number of amides is 1. The summed E-state index contributed by atoms with van der Waals surface area (Å²) in [7, 11) is 0. The summed E-state index contributed by atoms with van der Waals surface area (Å²) in [5, 5.41) is 9.03. The van der Waals surface area contributed by atoms with Gasteiger partial charge in [-0.05, 0) is 65.7 Å². The number of aliphatic hydroxyl groups excluding tert-OH is 1. The lowest BCUT2D eigenvalue weighted by molar-refractivity contribution is -0.129. The first-order valence-corrected chi connectivity index (χ1v) is 15.2. The molecule has 0 bridgehead atoms. The number of ether oxygens (including phenoxy) is 2. The molecule has 0 spiro atoms. The van der Waals surface area contributed by atoms with Crippen molar-refractivity contribution in [2.24, 2.45) is 4.99 Å². The molecule has 0 aromatic heterocycles. The van der Waals surface area contributed by atoms with Gasteiger partial charge in [0.1, 0.15) is 17.4 Å². The van der Waals surface area contributed by atoms with Crippen LogP contribution in [0.5, 0.6) is 5.75 Å². The molecule has 1 amide bonds. The summed E-state index contributed by atoms with van der Waals surface area (Å²) in [5.74, 6) is -0.799. The van der Waals surface area contributed by atoms with Crippen LogP contribution < -0.4 is 15.6 Å². The number of hydrogen-bond donors (Lipinski definition) is 3. The van der Waals surface area contributed by atoms with Crippen molar-refractivity contribution < 1.29 is 28.2 Å². The lowest BCUT2D eigenvalue weighted by atomic mass is 9.84. The van der Waals surface area contributed by atoms with E-state index in [1.54, 1.807) is 24.3 Å². The number of nitrogens with one attached hydrogen (secondary N) is 2. The second-order valence-electron chi connectivity index (χ2n) is 10.4. The first kappa shape index (κ1) is 32.0. The van der Waals surface area contributed by atoms with E-state index in [-0.39, 0.29) is 31.0 Å². The highest BCUT2D eigenvalue weighted by Gasteiger charge is 2.52. The second-order valence-corrected chi connectivity index (χ2v) is 11.3. The van der Waals surface area contributed by atoms with Crippen LogP contribution >= 0.6 is 15.9 Å². The Kier molecular flexibility index (Phi) is 10.7. The molecule has 4 aromatic carbocycles. The summed E-state index contributed by atoms with van der Waals surface area (Å²) in [4.78, 5) is 19.1. The molecule has 232 valence electrons. The van der Waals surface area contributed by atoms with Gasteiger partial charge < -0.3 is 14.6 Å². The average molecular weight is 677 g/mol. The molecular formula is C35H32BrF2N3O4. The predicted molar refractivity (Wildman–Crippen MR) is 172 cm³/mol. The van der Waals surface area contributed by atoms with Gasteiger partial charge in [-0.2, -0.15) is 0 Å². The molecular weight excluding hydrogens is 644 g/mol. The molecule has 0 saturated heterocycles. The number of nitrogens with zero attached hydrogens (tertiary/aromatic N) is 1. The highest BCUT2D eigenvalue weighted by atomic mass is 79.9. The van der Waals surface area contributed by atoms with Crippen molar-refractivity contribution in [1.29, 1.82) is 0 Å². The molecule has 1 heterocycles. The maximum atomic E-state index is 14.3. The molecule has 0 fully saturated rings. The fourth-order valence-corrected chi connectivity index (χ4v) is 5.16. The molecule has 10 heteroatoms. The van der Waals surface area contributed by atoms with Crippen LogP contribution in [0.1, 0.15) is 41.2 Å². The van der Waals surface area contributed by atoms with Gasteiger partial charge in [0.2, 0.25) is 5.90 Å². The summed E-state index contributed by atoms with van der Waals surface area (Å²) in [5.41, 5.74) is 6.33. The van der Waals surface area contributed by atoms with Crippen LogP contribution in [-0.4, -0.2) is 35.7 Å². The Balaban J connectivity index is 1.49. The SMILES string of the molecule is O=C(NNCc1cc(F)ccc1F)[C@@]1(C/C=C/c2ccccc2)N=C(c2ccc(OCCCO)cc2)O[C@H]1c1ccc(Br)cc1. The maximum absolute atomic E-state index is 14.3. The smallest absolute Gasteiger partial charge is 0.266 e. The minimum atomic E-state index is -1.47. The van der Waals surface area contributed by atoms with Gasteiger partial charge in [-0.15, -0.1) is 0 Å². The molecule has 1 aliphatic rings. The van der Waals surface area contributed by atoms with Crippen LogP contribution in [0.2, 0.25) is 0 Å². The van der Waals surface area contributed by atoms with Gasteiger partial charge in [0.05, 0.1) is 6.61 Å². The molecule has 3 N–H and O–H groups in total. The van der Waals surface area contributed by atoms with Gasteiger partial charge in [-0.1, -0.05) is 70.5 Å². The standard InChI is InChI=1S/C35H32BrF2N3O4/c36-28-13-9-25(10-14-28)32-35(19-4-8-24-6-2-1-3-7-24,34(43)41-39-23-27-22-29(37)15-18-31(27)38)40-33(45-32)26-11-16-30(17-12-26)44-21-5-20-42/h1-4,6-18,22,32,39,42H,5,19-21,23H2,(H,41,43)/b8-4+/t32-,35-/m0/s1. The lowest BCUT2D eigenvalue weighted by Crippen LogP contribution is -2.52. The number of carbonyl (C=O) groups excluding carboxylic acids is 1. The van der Waals surface area contributed by atoms with E-state index < -0.39 is 29.2 Å². The molecule has 7 nitrogen and oxygen atoms in total. The number of carbonyl (C=O) groups is 1. The predicted octanol–water partition coefficient (Wildman–Crippen LogP) is 6.67. The summed E-state index contributed by atoms with van der Waals surface area (Å²) >= 11 is 3.47. The van der Waals surface area contributed by atoms with Gasteiger partial charge in [0, 0.05) is 41.6 Å². The van der Waals surface area contributed by atoms with E-state index in [9.17, 15) is 13.6 Å². The zero-order chi connectivity index (χ0) is 31.6. The molecule has 2 atom stereocenters. The van der Waals surface area contributed by atoms with Crippen molar-refractivity contribution >= 4 is 33.8 Å². The number of hydrazine groups is 1. The lowest BCUT2D eigenvalue weighted by Gasteiger charge is -2.30. The number of hydrogen-bond acceptors (Lipinski definition) is 6. The van der Waals surface area contributed by atoms with E-state index in [4.69, 9.17) is 19.6 Å². The number of aliphatic hydroxyl groups is 1. The third-order valence-electron chi connectivity index (χ3n) is 7.23. The highest BCUT2D eigenvalue weighted by molar-refractivity contribution is 9.10. The molecule has 0 radical (unpaired) electrons. The molecule has 5 rings (SSSR count). The fraction of sp³-hybridized carbons (Fsp3) is 0.200. The van der Waals surface area contributed by atoms with E-state index in [1.165, 1.54) is 0 Å². The molecule has 0 unspecified atom stereocenters. The van der Waals surface area contributed by atoms with E-state index in [1.807, 2.05) is 66.7 Å². The normalized spacial score (nSPS) is 17.6. The van der Waals surface area contributed by atoms with Crippen molar-refractivity contribution in [3.8, 4) is 5.75 Å². The Hall–Kier alpha value is -4.38. The van der Waals surface area contributed by atoms with Crippen LogP contribution in [0.4, 0.5) is 8.78 Å². The van der Waals surface area contributed by atoms with Crippen molar-refractivity contribution in [2.75, 3.05) is 13.2 Å². The molecule has 0 aliphatic carbocycles. The monoisotopic (exact) mass is 675 g/mol. The average Bonchev–Trinajstić information content (AvgIpc) is 3.44. The van der Waals surface area contributed by atoms with Crippen molar-refractivity contribution in [3.63, 3.8) is 0 Å². The van der Waals surface area contributed by atoms with Crippen LogP contribution in [0.25, 0.3) is 6.08 Å². The minimum Gasteiger partial charge on any atom is -0.494 e. The van der Waals surface area contributed by atoms with Gasteiger partial charge in [0.25, 0.3) is 5.91 Å². The van der Waals surface area contributed by atoms with E-state index in [2.05, 4.69) is 26.8 Å². The Morgan fingerprint density at radius 3 is 2.51 bits per heavy atom. The van der Waals surface area contributed by atoms with Gasteiger partial charge in [0.15, 0.2) is 11.6 Å². The third kappa shape index (κ3) is 8.02. The van der Waals surface area contributed by atoms with Crippen LogP contribution in [0.15, 0.2) is 113 Å². The van der Waals surface area contributed by atoms with Crippen molar-refractivity contribution in [2.45, 2.75) is 31.0 Å². The zero-order valence-electron chi connectivity index (χ0n) is 24.3. The van der Waals surface area contributed by atoms with E-state index in [0.29, 0.717) is 24.3 Å². The Morgan fingerprint density at radius 1 is 1.02 bits per heavy atom. The summed E-state index contributed by atoms with van der Waals surface area (Å²) < 4.78 is 41.0. The number of aliphatic imine (C=N–C) groups is 1. The number of benzene rings is 4. The summed E-state index contributed by atoms with van der Waals surface area (Å²) in [6, 6.07) is 27.4. The molecule has 1 aliphatic heterocycles. The van der Waals surface area contributed by atoms with Crippen LogP contribution in [0.3, 0.4) is 0 Å². The number of rotatable bonds is 13. The quantitative estimate of drug-likeness (QED) is 0.109. The Labute approximate surface area is 268 Å². The molecule has 0 saturated carbocycles. The van der Waals surface area contributed by atoms with Crippen molar-refractivity contribution in [1.82, 2.24) is 10.9 Å². The van der Waals surface area contributed by atoms with Crippen LogP contribution in [0, 0.1) is 11.6 Å². The van der Waals surface area contributed by atoms with Crippen LogP contribution in [-0.2, 0) is 16.1 Å². The second kappa shape index (κ2) is 15.1.